The van der Waals surface area contributed by atoms with Crippen molar-refractivity contribution in [2.45, 2.75) is 85.4 Å². The normalized spacial score (nSPS) is 19.5. The van der Waals surface area contributed by atoms with Crippen molar-refractivity contribution in [2.75, 3.05) is 105 Å². The van der Waals surface area contributed by atoms with Crippen LogP contribution in [0.4, 0.5) is 0 Å². The third-order valence-corrected chi connectivity index (χ3v) is 18.0. The van der Waals surface area contributed by atoms with Gasteiger partial charge in [-0.1, -0.05) is 67.4 Å². The molecule has 4 atom stereocenters. The molecule has 2 aliphatic heterocycles. The number of ether oxygens (including phenoxy) is 6. The summed E-state index contributed by atoms with van der Waals surface area (Å²) in [4.78, 5) is 31.0. The Morgan fingerprint density at radius 2 is 0.812 bits per heavy atom. The molecule has 0 radical (unpaired) electrons. The highest BCUT2D eigenvalue weighted by atomic mass is 32.2. The number of nitrogens with zero attached hydrogens (tertiary/aromatic N) is 2. The number of carbonyl (C=O) groups is 2. The number of carbonyl (C=O) groups excluding carboxylic acids is 2. The smallest absolute Gasteiger partial charge is 0.251 e. The molecule has 2 aliphatic carbocycles. The molecule has 80 heavy (non-hydrogen) atoms. The lowest BCUT2D eigenvalue weighted by molar-refractivity contribution is 0.0503. The van der Waals surface area contributed by atoms with Crippen molar-refractivity contribution in [1.82, 2.24) is 29.9 Å². The number of likely N-dealkylation sites (tertiary alicyclic amines) is 2. The van der Waals surface area contributed by atoms with Crippen molar-refractivity contribution >= 4 is 31.9 Å². The molecule has 0 spiro atoms. The zero-order valence-corrected chi connectivity index (χ0v) is 47.1. The zero-order chi connectivity index (χ0) is 55.6. The molecule has 4 aliphatic rings. The fourth-order valence-electron chi connectivity index (χ4n) is 11.0. The molecule has 0 unspecified atom stereocenters. The number of benzene rings is 5. The fraction of sp³-hybridized carbons (Fsp3) is 0.467. The molecule has 20 heteroatoms. The van der Waals surface area contributed by atoms with Crippen molar-refractivity contribution in [2.24, 2.45) is 0 Å². The summed E-state index contributed by atoms with van der Waals surface area (Å²) in [5.74, 6) is 0.529. The molecule has 2 amide bonds. The maximum Gasteiger partial charge on any atom is 0.251 e. The molecule has 2 fully saturated rings. The van der Waals surface area contributed by atoms with E-state index in [1.807, 2.05) is 12.1 Å². The summed E-state index contributed by atoms with van der Waals surface area (Å²) in [5, 5.41) is 5.56. The van der Waals surface area contributed by atoms with Crippen LogP contribution < -0.4 is 29.6 Å². The lowest BCUT2D eigenvalue weighted by atomic mass is 10.0. The van der Waals surface area contributed by atoms with Gasteiger partial charge in [-0.15, -0.1) is 0 Å². The first kappa shape index (κ1) is 58.9. The molecule has 430 valence electrons. The van der Waals surface area contributed by atoms with Crippen LogP contribution in [0.1, 0.15) is 93.7 Å². The van der Waals surface area contributed by atoms with Crippen LogP contribution >= 0.6 is 0 Å². The number of sulfonamides is 2. The summed E-state index contributed by atoms with van der Waals surface area (Å²) in [6.07, 6.45) is 8.94. The number of fused-ring (bicyclic) bond motifs is 2. The lowest BCUT2D eigenvalue weighted by Gasteiger charge is -2.35. The number of hydrogen-bond donors (Lipinski definition) is 4. The third kappa shape index (κ3) is 16.2. The predicted octanol–water partition coefficient (Wildman–Crippen LogP) is 6.23. The SMILES string of the molecule is O=C(NCCOCCOCCNS(=O)(=O)c1ccc(O[C@H]2c3ccccc3C[C@@H]2N2CCCCC2)cc1)c1cccc(C(=O)NCCOCCOCCNS(=O)(=O)c2ccc(O[C@H]3c4ccccc4C[C@@H]3N3CCCCC3)cc2)c1. The number of nitrogens with one attached hydrogen (secondary N) is 4. The average Bonchev–Trinajstić information content (AvgIpc) is 4.04. The van der Waals surface area contributed by atoms with Crippen LogP contribution in [-0.2, 0) is 51.8 Å². The zero-order valence-electron chi connectivity index (χ0n) is 45.4. The average molecular weight is 1140 g/mol. The van der Waals surface area contributed by atoms with E-state index in [-0.39, 0.29) is 125 Å². The van der Waals surface area contributed by atoms with Gasteiger partial charge in [0, 0.05) is 37.3 Å². The molecule has 5 aromatic carbocycles. The molecule has 0 saturated carbocycles. The molecule has 4 N–H and O–H groups in total. The van der Waals surface area contributed by atoms with E-state index in [0.717, 1.165) is 39.0 Å². The first-order valence-corrected chi connectivity index (χ1v) is 31.1. The Balaban J connectivity index is 0.578. The van der Waals surface area contributed by atoms with Gasteiger partial charge < -0.3 is 39.1 Å². The Morgan fingerprint density at radius 3 is 1.21 bits per heavy atom. The minimum absolute atomic E-state index is 0.0799. The van der Waals surface area contributed by atoms with E-state index in [2.05, 4.69) is 66.3 Å². The highest BCUT2D eigenvalue weighted by Crippen LogP contribution is 2.41. The van der Waals surface area contributed by atoms with Crippen LogP contribution in [0.25, 0.3) is 0 Å². The van der Waals surface area contributed by atoms with E-state index in [0.29, 0.717) is 22.6 Å². The first-order chi connectivity index (χ1) is 39.0. The largest absolute Gasteiger partial charge is 0.484 e. The monoisotopic (exact) mass is 1140 g/mol. The Bertz CT molecular complexity index is 2810. The maximum absolute atomic E-state index is 13.0. The van der Waals surface area contributed by atoms with Gasteiger partial charge in [0.15, 0.2) is 0 Å². The van der Waals surface area contributed by atoms with E-state index >= 15 is 0 Å². The summed E-state index contributed by atoms with van der Waals surface area (Å²) in [6, 6.07) is 36.8. The predicted molar refractivity (Wildman–Crippen MR) is 303 cm³/mol. The maximum atomic E-state index is 13.0. The summed E-state index contributed by atoms with van der Waals surface area (Å²) < 4.78 is 92.7. The number of piperidine rings is 2. The van der Waals surface area contributed by atoms with Crippen LogP contribution in [0.3, 0.4) is 0 Å². The quantitative estimate of drug-likeness (QED) is 0.0376. The first-order valence-electron chi connectivity index (χ1n) is 28.2. The van der Waals surface area contributed by atoms with Crippen molar-refractivity contribution in [3.8, 4) is 11.5 Å². The Labute approximate surface area is 471 Å². The van der Waals surface area contributed by atoms with Gasteiger partial charge in [0.2, 0.25) is 20.0 Å². The summed E-state index contributed by atoms with van der Waals surface area (Å²) in [5.41, 5.74) is 5.63. The van der Waals surface area contributed by atoms with E-state index in [4.69, 9.17) is 28.4 Å². The minimum Gasteiger partial charge on any atom is -0.484 e. The molecule has 0 aromatic heterocycles. The Kier molecular flexibility index (Phi) is 21.5. The second-order valence-electron chi connectivity index (χ2n) is 20.5. The highest BCUT2D eigenvalue weighted by molar-refractivity contribution is 7.89. The van der Waals surface area contributed by atoms with Gasteiger partial charge in [-0.3, -0.25) is 19.4 Å². The fourth-order valence-corrected chi connectivity index (χ4v) is 13.0. The van der Waals surface area contributed by atoms with E-state index in [9.17, 15) is 26.4 Å². The summed E-state index contributed by atoms with van der Waals surface area (Å²) >= 11 is 0. The van der Waals surface area contributed by atoms with Gasteiger partial charge in [-0.2, -0.15) is 0 Å². The van der Waals surface area contributed by atoms with Crippen LogP contribution in [0, 0.1) is 0 Å². The van der Waals surface area contributed by atoms with Crippen LogP contribution in [-0.4, -0.2) is 156 Å². The van der Waals surface area contributed by atoms with Gasteiger partial charge in [-0.05, 0) is 154 Å². The van der Waals surface area contributed by atoms with Crippen molar-refractivity contribution in [3.63, 3.8) is 0 Å². The number of rotatable bonds is 30. The highest BCUT2D eigenvalue weighted by Gasteiger charge is 2.40. The van der Waals surface area contributed by atoms with Gasteiger partial charge in [0.05, 0.1) is 74.7 Å². The molecule has 18 nitrogen and oxygen atoms in total. The van der Waals surface area contributed by atoms with E-state index in [1.54, 1.807) is 66.7 Å². The summed E-state index contributed by atoms with van der Waals surface area (Å²) in [6.45, 7) is 6.56. The molecule has 0 bridgehead atoms. The van der Waals surface area contributed by atoms with Gasteiger partial charge in [0.1, 0.15) is 23.7 Å². The van der Waals surface area contributed by atoms with Crippen molar-refractivity contribution < 1.29 is 54.8 Å². The standard InChI is InChI=1S/C60H76N6O12S2/c67-59(61-26-34-73-38-40-75-36-28-63-79(69,70)51-22-18-49(19-23-51)77-57-53-16-5-3-12-45(53)43-55(57)65-30-7-1-8-31-65)47-14-11-15-48(42-47)60(68)62-27-35-74-39-41-76-37-29-64-80(71,72)52-24-20-50(21-25-52)78-58-54-17-6-4-13-46(54)44-56(58)66-32-9-2-10-33-66/h3-6,11-25,42,55-58,63-64H,1-2,7-10,26-41,43-44H2,(H,61,67)(H,62,68)/t55-,56-,57-,58-/m0/s1. The van der Waals surface area contributed by atoms with Crippen LogP contribution in [0.2, 0.25) is 0 Å². The van der Waals surface area contributed by atoms with Gasteiger partial charge >= 0.3 is 0 Å². The van der Waals surface area contributed by atoms with Gasteiger partial charge in [-0.25, -0.2) is 26.3 Å². The van der Waals surface area contributed by atoms with Crippen molar-refractivity contribution in [3.05, 3.63) is 155 Å². The van der Waals surface area contributed by atoms with Gasteiger partial charge in [0.25, 0.3) is 11.8 Å². The molecular weight excluding hydrogens is 1060 g/mol. The van der Waals surface area contributed by atoms with Crippen LogP contribution in [0.15, 0.2) is 131 Å². The Morgan fingerprint density at radius 1 is 0.438 bits per heavy atom. The topological polar surface area (TPSA) is 212 Å². The minimum atomic E-state index is -3.77. The van der Waals surface area contributed by atoms with E-state index in [1.165, 1.54) is 66.8 Å². The van der Waals surface area contributed by atoms with E-state index < -0.39 is 20.0 Å². The second-order valence-corrected chi connectivity index (χ2v) is 24.0. The summed E-state index contributed by atoms with van der Waals surface area (Å²) in [7, 11) is -7.53. The van der Waals surface area contributed by atoms with Crippen molar-refractivity contribution in [1.29, 1.82) is 0 Å². The molecule has 9 rings (SSSR count). The number of hydrogen-bond acceptors (Lipinski definition) is 14. The Hall–Kier alpha value is -5.78. The second kappa shape index (κ2) is 29.3. The lowest BCUT2D eigenvalue weighted by Crippen LogP contribution is -2.43. The van der Waals surface area contributed by atoms with Crippen LogP contribution in [0.5, 0.6) is 11.5 Å². The number of amides is 2. The molecule has 5 aromatic rings. The molecule has 2 saturated heterocycles. The third-order valence-electron chi connectivity index (χ3n) is 15.1. The molecule has 2 heterocycles. The molecular formula is C60H76N6O12S2.